The van der Waals surface area contributed by atoms with Crippen molar-refractivity contribution in [3.63, 3.8) is 0 Å². The first-order valence-corrected chi connectivity index (χ1v) is 1.46. The van der Waals surface area contributed by atoms with Crippen molar-refractivity contribution in [2.45, 2.75) is 12.9 Å². The monoisotopic (exact) mass is 92.1 g/mol. The average Bonchev–Trinajstić information content (AvgIpc) is 1.65. The number of nitrogens with two attached hydrogens (primary N) is 1. The highest BCUT2D eigenvalue weighted by Gasteiger charge is 1.99. The summed E-state index contributed by atoms with van der Waals surface area (Å²) >= 11 is 0. The Labute approximate surface area is 37.2 Å². The quantitative estimate of drug-likeness (QED) is 0.336. The van der Waals surface area contributed by atoms with Gasteiger partial charge in [0, 0.05) is 1.37 Å². The van der Waals surface area contributed by atoms with Crippen LogP contribution in [0.1, 0.15) is 8.27 Å². The third kappa shape index (κ3) is 1.72. The number of hydrogen-bond donors (Lipinski definition) is 2. The molecule has 0 bridgehead atoms. The van der Waals surface area contributed by atoms with Gasteiger partial charge in [-0.25, -0.2) is 0 Å². The Morgan fingerprint density at radius 2 is 2.83 bits per heavy atom. The lowest BCUT2D eigenvalue weighted by molar-refractivity contribution is -0.138. The SMILES string of the molecule is [2H][13CH2][C@H]([15NH2])C(=O)O. The van der Waals surface area contributed by atoms with Crippen LogP contribution in [0.4, 0.5) is 0 Å². The second-order valence-corrected chi connectivity index (χ2v) is 0.945. The lowest BCUT2D eigenvalue weighted by Gasteiger charge is -1.90. The summed E-state index contributed by atoms with van der Waals surface area (Å²) < 4.78 is 6.43. The minimum absolute atomic E-state index is 0.255. The van der Waals surface area contributed by atoms with Gasteiger partial charge in [0.2, 0.25) is 0 Å². The molecule has 6 heavy (non-hydrogen) atoms. The first kappa shape index (κ1) is 3.61. The van der Waals surface area contributed by atoms with Crippen molar-refractivity contribution < 1.29 is 11.3 Å². The molecule has 0 aliphatic heterocycles. The second-order valence-electron chi connectivity index (χ2n) is 0.945. The molecule has 0 rings (SSSR count). The summed E-state index contributed by atoms with van der Waals surface area (Å²) in [6.45, 7) is -0.255. The van der Waals surface area contributed by atoms with E-state index < -0.39 is 12.0 Å². The highest BCUT2D eigenvalue weighted by atomic mass is 16.4. The van der Waals surface area contributed by atoms with E-state index in [1.165, 1.54) is 0 Å². The molecule has 3 heteroatoms. The summed E-state index contributed by atoms with van der Waals surface area (Å²) in [6.07, 6.45) is 0. The average molecular weight is 92.1 g/mol. The highest BCUT2D eigenvalue weighted by molar-refractivity contribution is 5.72. The van der Waals surface area contributed by atoms with E-state index >= 15 is 0 Å². The van der Waals surface area contributed by atoms with Crippen molar-refractivity contribution in [3.8, 4) is 0 Å². The van der Waals surface area contributed by atoms with E-state index in [0.717, 1.165) is 0 Å². The maximum atomic E-state index is 9.69. The Morgan fingerprint density at radius 1 is 2.33 bits per heavy atom. The standard InChI is InChI=1S/C3H7NO2/c1-2(4)3(5)6/h2H,4H2,1H3,(H,5,6)/t2-/m0/s1/i1+1D,4+1. The Morgan fingerprint density at radius 3 is 2.83 bits per heavy atom. The topological polar surface area (TPSA) is 63.3 Å². The summed E-state index contributed by atoms with van der Waals surface area (Å²) in [7, 11) is 0. The zero-order valence-corrected chi connectivity index (χ0v) is 3.22. The Hall–Kier alpha value is -0.570. The van der Waals surface area contributed by atoms with Crippen LogP contribution >= 0.6 is 0 Å². The summed E-state index contributed by atoms with van der Waals surface area (Å²) in [5.41, 5.74) is 4.83. The number of carboxylic acids is 1. The van der Waals surface area contributed by atoms with Gasteiger partial charge in [0.25, 0.3) is 0 Å². The maximum Gasteiger partial charge on any atom is 0.320 e. The molecule has 0 aromatic rings. The van der Waals surface area contributed by atoms with E-state index in [4.69, 9.17) is 12.2 Å². The molecule has 0 saturated carbocycles. The smallest absolute Gasteiger partial charge is 0.320 e. The molecule has 0 aromatic heterocycles. The van der Waals surface area contributed by atoms with E-state index in [9.17, 15) is 4.79 Å². The first-order valence-electron chi connectivity index (χ1n) is 2.17. The van der Waals surface area contributed by atoms with Gasteiger partial charge < -0.3 is 10.8 Å². The van der Waals surface area contributed by atoms with E-state index in [1.807, 2.05) is 0 Å². The lowest BCUT2D eigenvalue weighted by Crippen LogP contribution is -2.25. The van der Waals surface area contributed by atoms with E-state index in [1.54, 1.807) is 0 Å². The van der Waals surface area contributed by atoms with Gasteiger partial charge in [-0.3, -0.25) is 4.79 Å². The molecule has 0 saturated heterocycles. The van der Waals surface area contributed by atoms with Gasteiger partial charge in [-0.1, -0.05) is 0 Å². The van der Waals surface area contributed by atoms with Crippen LogP contribution in [-0.4, -0.2) is 17.1 Å². The van der Waals surface area contributed by atoms with Gasteiger partial charge in [-0.15, -0.1) is 0 Å². The van der Waals surface area contributed by atoms with Gasteiger partial charge >= 0.3 is 5.97 Å². The minimum Gasteiger partial charge on any atom is -0.480 e. The van der Waals surface area contributed by atoms with Crippen LogP contribution in [0.15, 0.2) is 0 Å². The molecule has 36 valence electrons. The molecule has 3 nitrogen and oxygen atoms in total. The van der Waals surface area contributed by atoms with Gasteiger partial charge in [-0.05, 0) is 6.90 Å². The molecule has 0 radical (unpaired) electrons. The van der Waals surface area contributed by atoms with Crippen LogP contribution in [0.2, 0.25) is 0 Å². The number of hydrogen-bond acceptors (Lipinski definition) is 2. The highest BCUT2D eigenvalue weighted by Crippen LogP contribution is 1.68. The molecule has 0 heterocycles. The molecule has 0 unspecified atom stereocenters. The van der Waals surface area contributed by atoms with Crippen LogP contribution in [0.5, 0.6) is 0 Å². The molecule has 0 aliphatic carbocycles. The van der Waals surface area contributed by atoms with Gasteiger partial charge in [0.05, 0.1) is 0 Å². The van der Waals surface area contributed by atoms with Gasteiger partial charge in [0.1, 0.15) is 6.04 Å². The third-order valence-electron chi connectivity index (χ3n) is 0.317. The van der Waals surface area contributed by atoms with Gasteiger partial charge in [0.15, 0.2) is 0 Å². The molecule has 0 fully saturated rings. The molecule has 0 aliphatic rings. The summed E-state index contributed by atoms with van der Waals surface area (Å²) in [4.78, 5) is 9.69. The Kier molecular flexibility index (Phi) is 1.06. The minimum atomic E-state index is -1.12. The molecule has 1 atom stereocenters. The zero-order chi connectivity index (χ0) is 5.86. The number of carboxylic acid groups (broad SMARTS) is 1. The normalized spacial score (nSPS) is 15.8. The third-order valence-corrected chi connectivity index (χ3v) is 0.317. The van der Waals surface area contributed by atoms with Crippen LogP contribution in [0, 0.1) is 0 Å². The summed E-state index contributed by atoms with van der Waals surface area (Å²) in [5, 5.41) is 7.94. The largest absolute Gasteiger partial charge is 0.480 e. The zero-order valence-electron chi connectivity index (χ0n) is 4.22. The maximum absolute atomic E-state index is 9.69. The van der Waals surface area contributed by atoms with E-state index in [0.29, 0.717) is 0 Å². The Bertz CT molecular complexity index is 75.3. The molecule has 0 aromatic carbocycles. The second kappa shape index (κ2) is 1.77. The fourth-order valence-corrected chi connectivity index (χ4v) is 0. The summed E-state index contributed by atoms with van der Waals surface area (Å²) in [5.74, 6) is -1.12. The molecular weight excluding hydrogens is 84.0 g/mol. The number of rotatable bonds is 1. The number of aliphatic carboxylic acids is 1. The predicted octanol–water partition coefficient (Wildman–Crippen LogP) is -0.582. The van der Waals surface area contributed by atoms with Gasteiger partial charge in [-0.2, -0.15) is 0 Å². The van der Waals surface area contributed by atoms with Crippen molar-refractivity contribution in [2.24, 2.45) is 5.73 Å². The van der Waals surface area contributed by atoms with Crippen molar-refractivity contribution in [2.75, 3.05) is 0 Å². The van der Waals surface area contributed by atoms with Crippen molar-refractivity contribution in [1.29, 1.82) is 0 Å². The first-order chi connectivity index (χ1) is 3.18. The van der Waals surface area contributed by atoms with Crippen molar-refractivity contribution >= 4 is 5.97 Å². The van der Waals surface area contributed by atoms with Crippen LogP contribution in [0.25, 0.3) is 0 Å². The lowest BCUT2D eigenvalue weighted by atomic mass is 10.5. The fourth-order valence-electron chi connectivity index (χ4n) is 0. The van der Waals surface area contributed by atoms with E-state index in [-0.39, 0.29) is 6.90 Å². The Balaban J connectivity index is 3.34. The fraction of sp³-hybridized carbons (Fsp3) is 0.667. The number of carbonyl (C=O) groups is 1. The molecular formula is C3H7NO2. The molecule has 3 N–H and O–H groups in total. The van der Waals surface area contributed by atoms with Crippen molar-refractivity contribution in [1.82, 2.24) is 0 Å². The van der Waals surface area contributed by atoms with Crippen LogP contribution in [0.3, 0.4) is 0 Å². The van der Waals surface area contributed by atoms with Crippen LogP contribution < -0.4 is 5.73 Å². The predicted molar refractivity (Wildman–Crippen MR) is 21.3 cm³/mol. The van der Waals surface area contributed by atoms with Crippen molar-refractivity contribution in [3.05, 3.63) is 0 Å². The molecule has 0 spiro atoms. The summed E-state index contributed by atoms with van der Waals surface area (Å²) in [6, 6.07) is -1.01. The molecule has 0 amide bonds. The van der Waals surface area contributed by atoms with E-state index in [2.05, 4.69) is 0 Å². The van der Waals surface area contributed by atoms with Crippen LogP contribution in [-0.2, 0) is 4.79 Å².